The lowest BCUT2D eigenvalue weighted by molar-refractivity contribution is 0.0934. The first-order valence-electron chi connectivity index (χ1n) is 7.18. The van der Waals surface area contributed by atoms with Crippen molar-refractivity contribution < 1.29 is 9.18 Å². The topological polar surface area (TPSA) is 29.1 Å². The van der Waals surface area contributed by atoms with E-state index in [1.54, 1.807) is 19.1 Å². The summed E-state index contributed by atoms with van der Waals surface area (Å²) in [7, 11) is 0. The van der Waals surface area contributed by atoms with Gasteiger partial charge in [0.1, 0.15) is 5.82 Å². The number of halogens is 1. The van der Waals surface area contributed by atoms with E-state index in [9.17, 15) is 9.18 Å². The van der Waals surface area contributed by atoms with Crippen LogP contribution in [0, 0.1) is 12.7 Å². The first-order chi connectivity index (χ1) is 10.1. The van der Waals surface area contributed by atoms with Gasteiger partial charge >= 0.3 is 0 Å². The minimum Gasteiger partial charge on any atom is -0.349 e. The molecular formula is C18H20FNO. The van der Waals surface area contributed by atoms with Gasteiger partial charge in [-0.2, -0.15) is 0 Å². The largest absolute Gasteiger partial charge is 0.349 e. The van der Waals surface area contributed by atoms with Crippen molar-refractivity contribution in [3.8, 4) is 0 Å². The number of carbonyl (C=O) groups excluding carboxylic acids is 1. The third-order valence-corrected chi connectivity index (χ3v) is 3.52. The lowest BCUT2D eigenvalue weighted by atomic mass is 10.1. The Hall–Kier alpha value is -2.16. The third-order valence-electron chi connectivity index (χ3n) is 3.52. The van der Waals surface area contributed by atoms with E-state index in [0.29, 0.717) is 5.56 Å². The first-order valence-corrected chi connectivity index (χ1v) is 7.18. The molecule has 0 heterocycles. The second kappa shape index (κ2) is 7.02. The third kappa shape index (κ3) is 4.15. The van der Waals surface area contributed by atoms with E-state index in [4.69, 9.17) is 0 Å². The van der Waals surface area contributed by atoms with Gasteiger partial charge in [-0.3, -0.25) is 4.79 Å². The van der Waals surface area contributed by atoms with Crippen LogP contribution in [-0.2, 0) is 6.42 Å². The molecule has 2 nitrogen and oxygen atoms in total. The summed E-state index contributed by atoms with van der Waals surface area (Å²) in [6, 6.07) is 15.0. The van der Waals surface area contributed by atoms with E-state index in [1.165, 1.54) is 11.6 Å². The van der Waals surface area contributed by atoms with Crippen LogP contribution in [0.2, 0.25) is 0 Å². The summed E-state index contributed by atoms with van der Waals surface area (Å²) in [6.07, 6.45) is 1.71. The molecule has 0 radical (unpaired) electrons. The fraction of sp³-hybridized carbons (Fsp3) is 0.278. The zero-order chi connectivity index (χ0) is 15.2. The van der Waals surface area contributed by atoms with E-state index >= 15 is 0 Å². The summed E-state index contributed by atoms with van der Waals surface area (Å²) in [4.78, 5) is 12.1. The van der Waals surface area contributed by atoms with Crippen LogP contribution >= 0.6 is 0 Å². The molecule has 3 heteroatoms. The van der Waals surface area contributed by atoms with Gasteiger partial charge in [0, 0.05) is 6.04 Å². The highest BCUT2D eigenvalue weighted by Gasteiger charge is 2.15. The van der Waals surface area contributed by atoms with Gasteiger partial charge in [0.05, 0.1) is 5.56 Å². The number of amides is 1. The van der Waals surface area contributed by atoms with Crippen molar-refractivity contribution in [1.29, 1.82) is 0 Å². The Morgan fingerprint density at radius 3 is 2.57 bits per heavy atom. The summed E-state index contributed by atoms with van der Waals surface area (Å²) in [6.45, 7) is 3.60. The fourth-order valence-electron chi connectivity index (χ4n) is 2.22. The van der Waals surface area contributed by atoms with Gasteiger partial charge in [-0.05, 0) is 43.9 Å². The number of benzene rings is 2. The first kappa shape index (κ1) is 15.2. The Labute approximate surface area is 125 Å². The van der Waals surface area contributed by atoms with E-state index in [1.807, 2.05) is 25.1 Å². The van der Waals surface area contributed by atoms with Gasteiger partial charge in [-0.1, -0.05) is 42.5 Å². The summed E-state index contributed by atoms with van der Waals surface area (Å²) in [5.74, 6) is -0.790. The van der Waals surface area contributed by atoms with Crippen LogP contribution in [0.4, 0.5) is 4.39 Å². The van der Waals surface area contributed by atoms with Crippen molar-refractivity contribution in [1.82, 2.24) is 5.32 Å². The van der Waals surface area contributed by atoms with Gasteiger partial charge < -0.3 is 5.32 Å². The molecule has 110 valence electrons. The molecule has 0 bridgehead atoms. The summed E-state index contributed by atoms with van der Waals surface area (Å²) < 4.78 is 13.9. The van der Waals surface area contributed by atoms with Gasteiger partial charge in [0.15, 0.2) is 0 Å². The predicted octanol–water partition coefficient (Wildman–Crippen LogP) is 3.89. The van der Waals surface area contributed by atoms with Crippen molar-refractivity contribution in [3.05, 3.63) is 71.0 Å². The van der Waals surface area contributed by atoms with Crippen molar-refractivity contribution in [3.63, 3.8) is 0 Å². The Bertz CT molecular complexity index is 610. The number of hydrogen-bond acceptors (Lipinski definition) is 1. The predicted molar refractivity (Wildman–Crippen MR) is 82.8 cm³/mol. The minimum absolute atomic E-state index is 0.00221. The van der Waals surface area contributed by atoms with E-state index in [0.717, 1.165) is 12.8 Å². The monoisotopic (exact) mass is 285 g/mol. The molecule has 0 aliphatic carbocycles. The Morgan fingerprint density at radius 2 is 1.86 bits per heavy atom. The lowest BCUT2D eigenvalue weighted by Crippen LogP contribution is -2.33. The molecule has 0 fully saturated rings. The van der Waals surface area contributed by atoms with E-state index in [2.05, 4.69) is 17.4 Å². The Balaban J connectivity index is 1.92. The lowest BCUT2D eigenvalue weighted by Gasteiger charge is -2.14. The van der Waals surface area contributed by atoms with Crippen LogP contribution in [0.3, 0.4) is 0 Å². The molecule has 0 spiro atoms. The van der Waals surface area contributed by atoms with Crippen molar-refractivity contribution >= 4 is 5.91 Å². The quantitative estimate of drug-likeness (QED) is 0.887. The maximum absolute atomic E-state index is 13.9. The van der Waals surface area contributed by atoms with Crippen molar-refractivity contribution in [2.45, 2.75) is 32.7 Å². The molecule has 0 saturated carbocycles. The number of rotatable bonds is 5. The standard InChI is InChI=1S/C18H20FNO/c1-13-7-6-10-16(17(13)19)18(21)20-14(2)11-12-15-8-4-3-5-9-15/h3-10,14H,11-12H2,1-2H3,(H,20,21). The second-order valence-corrected chi connectivity index (χ2v) is 5.34. The van der Waals surface area contributed by atoms with Gasteiger partial charge in [-0.25, -0.2) is 4.39 Å². The van der Waals surface area contributed by atoms with E-state index < -0.39 is 5.82 Å². The maximum Gasteiger partial charge on any atom is 0.254 e. The van der Waals surface area contributed by atoms with Crippen LogP contribution in [0.25, 0.3) is 0 Å². The normalized spacial score (nSPS) is 12.0. The molecule has 0 aliphatic rings. The van der Waals surface area contributed by atoms with Crippen LogP contribution < -0.4 is 5.32 Å². The average molecular weight is 285 g/mol. The van der Waals surface area contributed by atoms with Crippen LogP contribution in [-0.4, -0.2) is 11.9 Å². The summed E-state index contributed by atoms with van der Waals surface area (Å²) >= 11 is 0. The molecule has 1 N–H and O–H groups in total. The van der Waals surface area contributed by atoms with Crippen molar-refractivity contribution in [2.24, 2.45) is 0 Å². The fourth-order valence-corrected chi connectivity index (χ4v) is 2.22. The molecule has 2 aromatic carbocycles. The molecule has 1 atom stereocenters. The van der Waals surface area contributed by atoms with Crippen LogP contribution in [0.15, 0.2) is 48.5 Å². The van der Waals surface area contributed by atoms with Crippen molar-refractivity contribution in [2.75, 3.05) is 0 Å². The number of nitrogens with one attached hydrogen (secondary N) is 1. The Morgan fingerprint density at radius 1 is 1.14 bits per heavy atom. The average Bonchev–Trinajstić information content (AvgIpc) is 2.49. The van der Waals surface area contributed by atoms with E-state index in [-0.39, 0.29) is 17.5 Å². The number of carbonyl (C=O) groups is 1. The highest BCUT2D eigenvalue weighted by Crippen LogP contribution is 2.12. The molecule has 0 aliphatic heterocycles. The molecule has 2 rings (SSSR count). The van der Waals surface area contributed by atoms with Crippen LogP contribution in [0.1, 0.15) is 34.8 Å². The van der Waals surface area contributed by atoms with Crippen LogP contribution in [0.5, 0.6) is 0 Å². The molecule has 0 aromatic heterocycles. The number of aryl methyl sites for hydroxylation is 2. The van der Waals surface area contributed by atoms with Gasteiger partial charge in [0.2, 0.25) is 0 Å². The second-order valence-electron chi connectivity index (χ2n) is 5.34. The highest BCUT2D eigenvalue weighted by molar-refractivity contribution is 5.94. The number of hydrogen-bond donors (Lipinski definition) is 1. The maximum atomic E-state index is 13.9. The molecule has 1 unspecified atom stereocenters. The summed E-state index contributed by atoms with van der Waals surface area (Å²) in [5, 5.41) is 2.86. The Kier molecular flexibility index (Phi) is 5.09. The molecular weight excluding hydrogens is 265 g/mol. The molecule has 2 aromatic rings. The molecule has 21 heavy (non-hydrogen) atoms. The minimum atomic E-state index is -0.440. The smallest absolute Gasteiger partial charge is 0.254 e. The van der Waals surface area contributed by atoms with Gasteiger partial charge in [0.25, 0.3) is 5.91 Å². The zero-order valence-electron chi connectivity index (χ0n) is 12.4. The summed E-state index contributed by atoms with van der Waals surface area (Å²) in [5.41, 5.74) is 1.83. The molecule has 1 amide bonds. The molecule has 0 saturated heterocycles. The van der Waals surface area contributed by atoms with Gasteiger partial charge in [-0.15, -0.1) is 0 Å². The highest BCUT2D eigenvalue weighted by atomic mass is 19.1. The SMILES string of the molecule is Cc1cccc(C(=O)NC(C)CCc2ccccc2)c1F. The zero-order valence-corrected chi connectivity index (χ0v) is 12.4.